The Morgan fingerprint density at radius 1 is 0.328 bits per heavy atom. The summed E-state index contributed by atoms with van der Waals surface area (Å²) in [6, 6.07) is 85.3. The molecule has 2 heteroatoms. The third-order valence-corrected chi connectivity index (χ3v) is 13.4. The van der Waals surface area contributed by atoms with Gasteiger partial charge in [0.1, 0.15) is 0 Å². The van der Waals surface area contributed by atoms with Gasteiger partial charge in [-0.3, -0.25) is 0 Å². The van der Waals surface area contributed by atoms with Crippen LogP contribution in [0.3, 0.4) is 0 Å². The van der Waals surface area contributed by atoms with E-state index in [0.29, 0.717) is 0 Å². The van der Waals surface area contributed by atoms with Crippen molar-refractivity contribution >= 4 is 71.2 Å². The highest BCUT2D eigenvalue weighted by molar-refractivity contribution is 6.33. The zero-order valence-corrected chi connectivity index (χ0v) is 33.3. The molecule has 11 aromatic carbocycles. The monoisotopic (exact) mass is 774 g/mol. The summed E-state index contributed by atoms with van der Waals surface area (Å²) < 4.78 is 2.44. The molecule has 1 aliphatic rings. The third-order valence-electron chi connectivity index (χ3n) is 13.4. The topological polar surface area (TPSA) is 8.17 Å². The SMILES string of the molecule is c1ccc(N(c2ccccc2)c2ccc(C3(c4ccc5ccc6cc7c(c8ccc4c5c68)c4ccccc4n7-c4ccccc4)c4ccccc4-c4ccccc43)cc2)cc1. The molecule has 0 atom stereocenters. The van der Waals surface area contributed by atoms with Crippen LogP contribution in [0.2, 0.25) is 0 Å². The molecule has 0 fully saturated rings. The van der Waals surface area contributed by atoms with Crippen molar-refractivity contribution in [2.24, 2.45) is 0 Å². The Hall–Kier alpha value is -7.94. The van der Waals surface area contributed by atoms with Gasteiger partial charge in [0, 0.05) is 33.5 Å². The van der Waals surface area contributed by atoms with Gasteiger partial charge in [0.25, 0.3) is 0 Å². The summed E-state index contributed by atoms with van der Waals surface area (Å²) in [5, 5.41) is 10.3. The van der Waals surface area contributed by atoms with Crippen LogP contribution >= 0.6 is 0 Å². The predicted octanol–water partition coefficient (Wildman–Crippen LogP) is 15.5. The van der Waals surface area contributed by atoms with Crippen LogP contribution in [0.25, 0.3) is 70.9 Å². The smallest absolute Gasteiger partial charge is 0.0719 e. The molecule has 0 amide bonds. The quantitative estimate of drug-likeness (QED) is 0.153. The van der Waals surface area contributed by atoms with Gasteiger partial charge in [0.05, 0.1) is 16.4 Å². The average molecular weight is 775 g/mol. The van der Waals surface area contributed by atoms with Crippen molar-refractivity contribution in [3.05, 3.63) is 253 Å². The van der Waals surface area contributed by atoms with Gasteiger partial charge in [-0.15, -0.1) is 0 Å². The Bertz CT molecular complexity index is 3540. The average Bonchev–Trinajstić information content (AvgIpc) is 3.83. The van der Waals surface area contributed by atoms with E-state index in [-0.39, 0.29) is 0 Å². The highest BCUT2D eigenvalue weighted by Gasteiger charge is 2.47. The normalized spacial score (nSPS) is 13.0. The van der Waals surface area contributed by atoms with E-state index in [9.17, 15) is 0 Å². The summed E-state index contributed by atoms with van der Waals surface area (Å²) >= 11 is 0. The summed E-state index contributed by atoms with van der Waals surface area (Å²) in [5.41, 5.74) is 14.2. The van der Waals surface area contributed by atoms with Crippen LogP contribution in [0.15, 0.2) is 231 Å². The molecule has 12 aromatic rings. The van der Waals surface area contributed by atoms with Gasteiger partial charge in [0.15, 0.2) is 0 Å². The molecular formula is C59H38N2. The number of para-hydroxylation sites is 4. The van der Waals surface area contributed by atoms with Gasteiger partial charge >= 0.3 is 0 Å². The van der Waals surface area contributed by atoms with E-state index in [1.165, 1.54) is 93.2 Å². The van der Waals surface area contributed by atoms with E-state index in [4.69, 9.17) is 0 Å². The summed E-state index contributed by atoms with van der Waals surface area (Å²) in [6.07, 6.45) is 0. The highest BCUT2D eigenvalue weighted by atomic mass is 15.1. The number of anilines is 3. The molecule has 13 rings (SSSR count). The molecule has 2 nitrogen and oxygen atoms in total. The van der Waals surface area contributed by atoms with Crippen LogP contribution in [0.5, 0.6) is 0 Å². The lowest BCUT2D eigenvalue weighted by Crippen LogP contribution is -2.29. The van der Waals surface area contributed by atoms with E-state index in [1.807, 2.05) is 0 Å². The Morgan fingerprint density at radius 3 is 1.54 bits per heavy atom. The molecule has 284 valence electrons. The number of benzene rings is 11. The number of rotatable bonds is 6. The standard InChI is InChI=1S/C59H38N2/c1-4-16-42(17-5-1)60(43-18-6-2-7-19-43)45-33-31-41(32-34-45)59(51-25-13-10-22-46(51)47-23-11-14-26-52(47)59)53-37-30-39-28-29-40-38-55-58(50-36-35-48(53)56(39)57(40)50)49-24-12-15-27-54(49)61(55)44-20-8-3-9-21-44/h1-38H. The predicted molar refractivity (Wildman–Crippen MR) is 256 cm³/mol. The number of nitrogens with zero attached hydrogens (tertiary/aromatic N) is 2. The largest absolute Gasteiger partial charge is 0.311 e. The maximum absolute atomic E-state index is 2.44. The number of fused-ring (bicyclic) bond motifs is 7. The second kappa shape index (κ2) is 13.0. The third kappa shape index (κ3) is 4.73. The van der Waals surface area contributed by atoms with Crippen LogP contribution < -0.4 is 4.90 Å². The first kappa shape index (κ1) is 34.0. The Morgan fingerprint density at radius 2 is 0.852 bits per heavy atom. The number of hydrogen-bond acceptors (Lipinski definition) is 1. The fourth-order valence-corrected chi connectivity index (χ4v) is 11.0. The van der Waals surface area contributed by atoms with Crippen molar-refractivity contribution in [3.63, 3.8) is 0 Å². The number of hydrogen-bond donors (Lipinski definition) is 0. The van der Waals surface area contributed by atoms with Crippen LogP contribution in [0, 0.1) is 0 Å². The highest BCUT2D eigenvalue weighted by Crippen LogP contribution is 2.58. The van der Waals surface area contributed by atoms with Gasteiger partial charge in [0.2, 0.25) is 0 Å². The fraction of sp³-hybridized carbons (Fsp3) is 0.0169. The second-order valence-electron chi connectivity index (χ2n) is 16.4. The van der Waals surface area contributed by atoms with Crippen molar-refractivity contribution in [2.45, 2.75) is 5.41 Å². The van der Waals surface area contributed by atoms with Crippen LogP contribution in [-0.4, -0.2) is 4.57 Å². The van der Waals surface area contributed by atoms with Gasteiger partial charge in [-0.1, -0.05) is 170 Å². The van der Waals surface area contributed by atoms with Crippen molar-refractivity contribution < 1.29 is 0 Å². The molecule has 0 saturated heterocycles. The molecule has 61 heavy (non-hydrogen) atoms. The van der Waals surface area contributed by atoms with E-state index < -0.39 is 5.41 Å². The minimum atomic E-state index is -0.572. The number of aromatic nitrogens is 1. The summed E-state index contributed by atoms with van der Waals surface area (Å²) in [5.74, 6) is 0. The first-order valence-corrected chi connectivity index (χ1v) is 21.2. The summed E-state index contributed by atoms with van der Waals surface area (Å²) in [6.45, 7) is 0. The van der Waals surface area contributed by atoms with E-state index in [2.05, 4.69) is 240 Å². The molecule has 0 N–H and O–H groups in total. The maximum Gasteiger partial charge on any atom is 0.0719 e. The first-order chi connectivity index (χ1) is 30.3. The first-order valence-electron chi connectivity index (χ1n) is 21.2. The molecule has 0 unspecified atom stereocenters. The van der Waals surface area contributed by atoms with Crippen molar-refractivity contribution in [1.82, 2.24) is 4.57 Å². The minimum absolute atomic E-state index is 0.572. The Kier molecular flexibility index (Phi) is 7.26. The molecule has 0 aliphatic heterocycles. The van der Waals surface area contributed by atoms with Crippen molar-refractivity contribution in [2.75, 3.05) is 4.90 Å². The molecular weight excluding hydrogens is 737 g/mol. The van der Waals surface area contributed by atoms with Gasteiger partial charge in [-0.2, -0.15) is 0 Å². The molecule has 0 saturated carbocycles. The van der Waals surface area contributed by atoms with Crippen molar-refractivity contribution in [1.29, 1.82) is 0 Å². The molecule has 0 radical (unpaired) electrons. The minimum Gasteiger partial charge on any atom is -0.311 e. The molecule has 1 aromatic heterocycles. The lowest BCUT2D eigenvalue weighted by atomic mass is 9.66. The van der Waals surface area contributed by atoms with Crippen LogP contribution in [-0.2, 0) is 5.41 Å². The van der Waals surface area contributed by atoms with Crippen molar-refractivity contribution in [3.8, 4) is 16.8 Å². The summed E-state index contributed by atoms with van der Waals surface area (Å²) in [4.78, 5) is 2.35. The fourth-order valence-electron chi connectivity index (χ4n) is 11.0. The summed E-state index contributed by atoms with van der Waals surface area (Å²) in [7, 11) is 0. The molecule has 1 aliphatic carbocycles. The van der Waals surface area contributed by atoms with E-state index in [0.717, 1.165) is 17.1 Å². The van der Waals surface area contributed by atoms with Gasteiger partial charge in [-0.25, -0.2) is 0 Å². The molecule has 0 spiro atoms. The van der Waals surface area contributed by atoms with Gasteiger partial charge in [-0.05, 0) is 126 Å². The lowest BCUT2D eigenvalue weighted by molar-refractivity contribution is 0.777. The lowest BCUT2D eigenvalue weighted by Gasteiger charge is -2.36. The zero-order chi connectivity index (χ0) is 40.1. The Balaban J connectivity index is 1.10. The maximum atomic E-state index is 2.44. The van der Waals surface area contributed by atoms with Gasteiger partial charge < -0.3 is 9.47 Å². The molecule has 0 bridgehead atoms. The van der Waals surface area contributed by atoms with Crippen LogP contribution in [0.1, 0.15) is 22.3 Å². The zero-order valence-electron chi connectivity index (χ0n) is 33.3. The Labute approximate surface area is 354 Å². The van der Waals surface area contributed by atoms with E-state index in [1.54, 1.807) is 0 Å². The second-order valence-corrected chi connectivity index (χ2v) is 16.4. The molecule has 1 heterocycles. The van der Waals surface area contributed by atoms with E-state index >= 15 is 0 Å². The van der Waals surface area contributed by atoms with Crippen LogP contribution in [0.4, 0.5) is 17.1 Å².